The number of benzene rings is 1. The second-order valence-corrected chi connectivity index (χ2v) is 3.56. The number of aromatic nitrogens is 2. The van der Waals surface area contributed by atoms with Crippen LogP contribution in [0.5, 0.6) is 0 Å². The second kappa shape index (κ2) is 5.21. The van der Waals surface area contributed by atoms with Crippen LogP contribution in [0.15, 0.2) is 42.7 Å². The minimum Gasteiger partial charge on any atom is -0.323 e. The monoisotopic (exact) mass is 227 g/mol. The summed E-state index contributed by atoms with van der Waals surface area (Å²) < 4.78 is 0. The first-order chi connectivity index (χ1) is 8.29. The molecule has 0 aliphatic rings. The van der Waals surface area contributed by atoms with Crippen LogP contribution in [0.25, 0.3) is 11.4 Å². The lowest BCUT2D eigenvalue weighted by molar-refractivity contribution is -0.115. The molecule has 0 spiro atoms. The number of anilines is 1. The summed E-state index contributed by atoms with van der Waals surface area (Å²) >= 11 is 0. The normalized spacial score (nSPS) is 9.94. The van der Waals surface area contributed by atoms with Crippen LogP contribution in [0, 0.1) is 0 Å². The van der Waals surface area contributed by atoms with E-state index in [0.717, 1.165) is 5.56 Å². The van der Waals surface area contributed by atoms with Gasteiger partial charge in [-0.05, 0) is 0 Å². The van der Waals surface area contributed by atoms with E-state index in [4.69, 9.17) is 0 Å². The first-order valence-electron chi connectivity index (χ1n) is 5.47. The third kappa shape index (κ3) is 2.87. The van der Waals surface area contributed by atoms with Gasteiger partial charge in [0.15, 0.2) is 5.82 Å². The molecule has 1 heterocycles. The fourth-order valence-corrected chi connectivity index (χ4v) is 1.38. The van der Waals surface area contributed by atoms with E-state index in [9.17, 15) is 4.79 Å². The van der Waals surface area contributed by atoms with Crippen molar-refractivity contribution in [2.24, 2.45) is 0 Å². The lowest BCUT2D eigenvalue weighted by Crippen LogP contribution is -2.09. The van der Waals surface area contributed by atoms with Gasteiger partial charge >= 0.3 is 0 Å². The SMILES string of the molecule is CCC(=O)Nc1cnc(-c2ccccc2)nc1. The van der Waals surface area contributed by atoms with Crippen molar-refractivity contribution in [3.05, 3.63) is 42.7 Å². The van der Waals surface area contributed by atoms with Crippen molar-refractivity contribution in [1.29, 1.82) is 0 Å². The molecule has 17 heavy (non-hydrogen) atoms. The van der Waals surface area contributed by atoms with Crippen LogP contribution in [0.4, 0.5) is 5.69 Å². The van der Waals surface area contributed by atoms with Crippen LogP contribution in [0.3, 0.4) is 0 Å². The van der Waals surface area contributed by atoms with Crippen LogP contribution >= 0.6 is 0 Å². The number of hydrogen-bond donors (Lipinski definition) is 1. The van der Waals surface area contributed by atoms with E-state index in [1.54, 1.807) is 19.3 Å². The number of carbonyl (C=O) groups excluding carboxylic acids is 1. The van der Waals surface area contributed by atoms with Crippen molar-refractivity contribution in [2.45, 2.75) is 13.3 Å². The van der Waals surface area contributed by atoms with Gasteiger partial charge in [-0.15, -0.1) is 0 Å². The van der Waals surface area contributed by atoms with E-state index < -0.39 is 0 Å². The first-order valence-corrected chi connectivity index (χ1v) is 5.47. The zero-order chi connectivity index (χ0) is 12.1. The number of rotatable bonds is 3. The Morgan fingerprint density at radius 3 is 2.41 bits per heavy atom. The Balaban J connectivity index is 2.16. The molecule has 0 atom stereocenters. The highest BCUT2D eigenvalue weighted by Gasteiger charge is 2.02. The van der Waals surface area contributed by atoms with Gasteiger partial charge in [0.1, 0.15) is 0 Å². The number of carbonyl (C=O) groups is 1. The molecule has 0 fully saturated rings. The molecule has 1 aromatic carbocycles. The molecule has 4 nitrogen and oxygen atoms in total. The molecule has 1 amide bonds. The van der Waals surface area contributed by atoms with Crippen molar-refractivity contribution in [3.8, 4) is 11.4 Å². The van der Waals surface area contributed by atoms with Gasteiger partial charge in [-0.2, -0.15) is 0 Å². The van der Waals surface area contributed by atoms with Gasteiger partial charge < -0.3 is 5.32 Å². The van der Waals surface area contributed by atoms with Gasteiger partial charge in [0.25, 0.3) is 0 Å². The predicted octanol–water partition coefficient (Wildman–Crippen LogP) is 2.49. The minimum atomic E-state index is -0.0407. The van der Waals surface area contributed by atoms with E-state index in [1.807, 2.05) is 30.3 Å². The molecular weight excluding hydrogens is 214 g/mol. The maximum Gasteiger partial charge on any atom is 0.224 e. The largest absolute Gasteiger partial charge is 0.323 e. The molecular formula is C13H13N3O. The van der Waals surface area contributed by atoms with Crippen molar-refractivity contribution in [2.75, 3.05) is 5.32 Å². The summed E-state index contributed by atoms with van der Waals surface area (Å²) in [6.07, 6.45) is 3.67. The lowest BCUT2D eigenvalue weighted by atomic mass is 10.2. The van der Waals surface area contributed by atoms with E-state index in [-0.39, 0.29) is 5.91 Å². The second-order valence-electron chi connectivity index (χ2n) is 3.56. The molecule has 0 bridgehead atoms. The van der Waals surface area contributed by atoms with Gasteiger partial charge in [0.2, 0.25) is 5.91 Å². The zero-order valence-electron chi connectivity index (χ0n) is 9.55. The highest BCUT2D eigenvalue weighted by molar-refractivity contribution is 5.90. The Kier molecular flexibility index (Phi) is 3.45. The summed E-state index contributed by atoms with van der Waals surface area (Å²) in [7, 11) is 0. The molecule has 86 valence electrons. The van der Waals surface area contributed by atoms with Gasteiger partial charge in [0.05, 0.1) is 18.1 Å². The van der Waals surface area contributed by atoms with E-state index in [2.05, 4.69) is 15.3 Å². The van der Waals surface area contributed by atoms with E-state index in [0.29, 0.717) is 17.9 Å². The maximum atomic E-state index is 11.2. The van der Waals surface area contributed by atoms with Crippen LogP contribution in [-0.4, -0.2) is 15.9 Å². The van der Waals surface area contributed by atoms with Gasteiger partial charge in [-0.1, -0.05) is 37.3 Å². The Hall–Kier alpha value is -2.23. The summed E-state index contributed by atoms with van der Waals surface area (Å²) in [5, 5.41) is 2.71. The molecule has 0 aliphatic carbocycles. The van der Waals surface area contributed by atoms with Crippen molar-refractivity contribution < 1.29 is 4.79 Å². The Bertz CT molecular complexity index is 494. The zero-order valence-corrected chi connectivity index (χ0v) is 9.55. The third-order valence-corrected chi connectivity index (χ3v) is 2.29. The molecule has 1 N–H and O–H groups in total. The molecule has 0 saturated heterocycles. The molecule has 4 heteroatoms. The summed E-state index contributed by atoms with van der Waals surface area (Å²) in [6, 6.07) is 9.70. The Morgan fingerprint density at radius 1 is 1.18 bits per heavy atom. The summed E-state index contributed by atoms with van der Waals surface area (Å²) in [5.41, 5.74) is 1.58. The van der Waals surface area contributed by atoms with Crippen LogP contribution < -0.4 is 5.32 Å². The predicted molar refractivity (Wildman–Crippen MR) is 66.4 cm³/mol. The van der Waals surface area contributed by atoms with Crippen molar-refractivity contribution in [1.82, 2.24) is 9.97 Å². The summed E-state index contributed by atoms with van der Waals surface area (Å²) in [4.78, 5) is 19.6. The average Bonchev–Trinajstić information content (AvgIpc) is 2.40. The molecule has 0 radical (unpaired) electrons. The van der Waals surface area contributed by atoms with Crippen molar-refractivity contribution >= 4 is 11.6 Å². The van der Waals surface area contributed by atoms with E-state index >= 15 is 0 Å². The number of nitrogens with one attached hydrogen (secondary N) is 1. The quantitative estimate of drug-likeness (QED) is 0.876. The molecule has 0 aliphatic heterocycles. The van der Waals surface area contributed by atoms with Gasteiger partial charge in [-0.25, -0.2) is 9.97 Å². The fourth-order valence-electron chi connectivity index (χ4n) is 1.38. The molecule has 2 rings (SSSR count). The van der Waals surface area contributed by atoms with Crippen molar-refractivity contribution in [3.63, 3.8) is 0 Å². The highest BCUT2D eigenvalue weighted by Crippen LogP contribution is 2.14. The number of hydrogen-bond acceptors (Lipinski definition) is 3. The lowest BCUT2D eigenvalue weighted by Gasteiger charge is -2.03. The maximum absolute atomic E-state index is 11.2. The smallest absolute Gasteiger partial charge is 0.224 e. The molecule has 1 aromatic heterocycles. The third-order valence-electron chi connectivity index (χ3n) is 2.29. The first kappa shape index (κ1) is 11.3. The van der Waals surface area contributed by atoms with Gasteiger partial charge in [0, 0.05) is 12.0 Å². The molecule has 2 aromatic rings. The summed E-state index contributed by atoms with van der Waals surface area (Å²) in [5.74, 6) is 0.612. The summed E-state index contributed by atoms with van der Waals surface area (Å²) in [6.45, 7) is 1.80. The number of amides is 1. The topological polar surface area (TPSA) is 54.9 Å². The highest BCUT2D eigenvalue weighted by atomic mass is 16.1. The molecule has 0 saturated carbocycles. The Labute approximate surface area is 99.7 Å². The fraction of sp³-hybridized carbons (Fsp3) is 0.154. The van der Waals surface area contributed by atoms with Crippen LogP contribution in [0.2, 0.25) is 0 Å². The average molecular weight is 227 g/mol. The van der Waals surface area contributed by atoms with Crippen LogP contribution in [-0.2, 0) is 4.79 Å². The van der Waals surface area contributed by atoms with Gasteiger partial charge in [-0.3, -0.25) is 4.79 Å². The standard InChI is InChI=1S/C13H13N3O/c1-2-12(17)16-11-8-14-13(15-9-11)10-6-4-3-5-7-10/h3-9H,2H2,1H3,(H,16,17). The molecule has 0 unspecified atom stereocenters. The number of nitrogens with zero attached hydrogens (tertiary/aromatic N) is 2. The minimum absolute atomic E-state index is 0.0407. The van der Waals surface area contributed by atoms with E-state index in [1.165, 1.54) is 0 Å². The Morgan fingerprint density at radius 2 is 1.82 bits per heavy atom. The van der Waals surface area contributed by atoms with Crippen LogP contribution in [0.1, 0.15) is 13.3 Å².